The molecule has 0 amide bonds. The van der Waals surface area contributed by atoms with Crippen LogP contribution in [0.1, 0.15) is 5.56 Å². The average Bonchev–Trinajstić information content (AvgIpc) is 2.47. The van der Waals surface area contributed by atoms with Crippen LogP contribution in [0.3, 0.4) is 0 Å². The van der Waals surface area contributed by atoms with Crippen LogP contribution in [0.5, 0.6) is 5.75 Å². The molecule has 4 nitrogen and oxygen atoms in total. The summed E-state index contributed by atoms with van der Waals surface area (Å²) in [7, 11) is -3.47. The van der Waals surface area contributed by atoms with Gasteiger partial charge >= 0.3 is 0 Å². The zero-order valence-corrected chi connectivity index (χ0v) is 14.0. The molecule has 22 heavy (non-hydrogen) atoms. The van der Waals surface area contributed by atoms with Crippen LogP contribution < -0.4 is 9.46 Å². The molecule has 7 heteroatoms. The van der Waals surface area contributed by atoms with Gasteiger partial charge < -0.3 is 4.74 Å². The van der Waals surface area contributed by atoms with E-state index in [1.165, 1.54) is 0 Å². The summed E-state index contributed by atoms with van der Waals surface area (Å²) in [5.41, 5.74) is 0.559. The van der Waals surface area contributed by atoms with Gasteiger partial charge in [0.15, 0.2) is 0 Å². The first kappa shape index (κ1) is 17.1. The summed E-state index contributed by atoms with van der Waals surface area (Å²) >= 11 is 11.9. The van der Waals surface area contributed by atoms with Gasteiger partial charge in [-0.3, -0.25) is 0 Å². The van der Waals surface area contributed by atoms with E-state index >= 15 is 0 Å². The van der Waals surface area contributed by atoms with Gasteiger partial charge in [-0.1, -0.05) is 53.5 Å². The summed E-state index contributed by atoms with van der Waals surface area (Å²) in [5, 5.41) is 0.918. The third kappa shape index (κ3) is 5.18. The van der Waals surface area contributed by atoms with Gasteiger partial charge in [0.2, 0.25) is 10.0 Å². The lowest BCUT2D eigenvalue weighted by Crippen LogP contribution is -2.29. The molecule has 0 saturated carbocycles. The van der Waals surface area contributed by atoms with Crippen molar-refractivity contribution in [2.45, 2.75) is 5.75 Å². The molecule has 2 aromatic rings. The van der Waals surface area contributed by atoms with Crippen LogP contribution in [0.15, 0.2) is 48.5 Å². The predicted molar refractivity (Wildman–Crippen MR) is 89.0 cm³/mol. The van der Waals surface area contributed by atoms with Crippen molar-refractivity contribution in [2.24, 2.45) is 0 Å². The van der Waals surface area contributed by atoms with Crippen LogP contribution in [0, 0.1) is 0 Å². The van der Waals surface area contributed by atoms with Crippen LogP contribution in [0.25, 0.3) is 0 Å². The molecule has 0 atom stereocenters. The first-order valence-corrected chi connectivity index (χ1v) is 8.97. The number of hydrogen-bond donors (Lipinski definition) is 1. The maximum atomic E-state index is 12.0. The number of sulfonamides is 1. The summed E-state index contributed by atoms with van der Waals surface area (Å²) in [5.74, 6) is 0.355. The Labute approximate surface area is 140 Å². The zero-order valence-electron chi connectivity index (χ0n) is 11.6. The second-order valence-corrected chi connectivity index (χ2v) is 7.14. The highest BCUT2D eigenvalue weighted by molar-refractivity contribution is 7.88. The second kappa shape index (κ2) is 7.83. The summed E-state index contributed by atoms with van der Waals surface area (Å²) in [6, 6.07) is 13.9. The van der Waals surface area contributed by atoms with Gasteiger partial charge in [0.25, 0.3) is 0 Å². The lowest BCUT2D eigenvalue weighted by atomic mass is 10.2. The summed E-state index contributed by atoms with van der Waals surface area (Å²) in [4.78, 5) is 0. The Hall–Kier alpha value is -1.27. The monoisotopic (exact) mass is 359 g/mol. The SMILES string of the molecule is O=S(=O)(Cc1ccccc1Cl)NCCOc1ccccc1Cl. The van der Waals surface area contributed by atoms with E-state index in [0.717, 1.165) is 0 Å². The third-order valence-corrected chi connectivity index (χ3v) is 4.84. The quantitative estimate of drug-likeness (QED) is 0.769. The number of rotatable bonds is 7. The molecule has 0 unspecified atom stereocenters. The summed E-state index contributed by atoms with van der Waals surface area (Å²) in [6.45, 7) is 0.337. The smallest absolute Gasteiger partial charge is 0.215 e. The van der Waals surface area contributed by atoms with Crippen molar-refractivity contribution in [1.29, 1.82) is 0 Å². The number of benzene rings is 2. The van der Waals surface area contributed by atoms with Gasteiger partial charge in [0, 0.05) is 11.6 Å². The number of nitrogens with one attached hydrogen (secondary N) is 1. The first-order valence-electron chi connectivity index (χ1n) is 6.56. The van der Waals surface area contributed by atoms with Crippen molar-refractivity contribution in [1.82, 2.24) is 4.72 Å². The fourth-order valence-electron chi connectivity index (χ4n) is 1.79. The van der Waals surface area contributed by atoms with Crippen LogP contribution in [-0.2, 0) is 15.8 Å². The normalized spacial score (nSPS) is 11.4. The molecule has 118 valence electrons. The van der Waals surface area contributed by atoms with E-state index in [9.17, 15) is 8.42 Å². The van der Waals surface area contributed by atoms with Crippen molar-refractivity contribution in [3.63, 3.8) is 0 Å². The molecule has 0 aliphatic rings. The minimum absolute atomic E-state index is 0.151. The van der Waals surface area contributed by atoms with Crippen LogP contribution in [0.4, 0.5) is 0 Å². The highest BCUT2D eigenvalue weighted by Gasteiger charge is 2.13. The molecular formula is C15H15Cl2NO3S. The molecule has 0 aliphatic heterocycles. The maximum absolute atomic E-state index is 12.0. The Bertz CT molecular complexity index is 735. The molecule has 0 bridgehead atoms. The lowest BCUT2D eigenvalue weighted by molar-refractivity contribution is 0.323. The number of halogens is 2. The number of ether oxygens (including phenoxy) is 1. The first-order chi connectivity index (χ1) is 10.5. The van der Waals surface area contributed by atoms with Crippen LogP contribution >= 0.6 is 23.2 Å². The van der Waals surface area contributed by atoms with Gasteiger partial charge in [0.1, 0.15) is 12.4 Å². The molecule has 0 heterocycles. The zero-order chi connectivity index (χ0) is 16.0. The van der Waals surface area contributed by atoms with Gasteiger partial charge in [-0.25, -0.2) is 13.1 Å². The van der Waals surface area contributed by atoms with E-state index in [1.54, 1.807) is 48.5 Å². The third-order valence-electron chi connectivity index (χ3n) is 2.82. The molecule has 0 spiro atoms. The van der Waals surface area contributed by atoms with Gasteiger partial charge in [-0.15, -0.1) is 0 Å². The van der Waals surface area contributed by atoms with Crippen molar-refractivity contribution in [3.05, 3.63) is 64.1 Å². The highest BCUT2D eigenvalue weighted by atomic mass is 35.5. The predicted octanol–water partition coefficient (Wildman–Crippen LogP) is 3.49. The molecule has 0 radical (unpaired) electrons. The summed E-state index contributed by atoms with van der Waals surface area (Å²) < 4.78 is 31.8. The minimum atomic E-state index is -3.47. The molecule has 2 aromatic carbocycles. The van der Waals surface area contributed by atoms with E-state index in [1.807, 2.05) is 0 Å². The van der Waals surface area contributed by atoms with Gasteiger partial charge in [-0.2, -0.15) is 0 Å². The molecule has 0 saturated heterocycles. The Morgan fingerprint density at radius 1 is 0.955 bits per heavy atom. The van der Waals surface area contributed by atoms with Crippen molar-refractivity contribution >= 4 is 33.2 Å². The second-order valence-electron chi connectivity index (χ2n) is 4.52. The summed E-state index contributed by atoms with van der Waals surface area (Å²) in [6.07, 6.45) is 0. The van der Waals surface area contributed by atoms with E-state index in [0.29, 0.717) is 21.4 Å². The number of hydrogen-bond acceptors (Lipinski definition) is 3. The largest absolute Gasteiger partial charge is 0.491 e. The van der Waals surface area contributed by atoms with Crippen molar-refractivity contribution < 1.29 is 13.2 Å². The Kier molecular flexibility index (Phi) is 6.08. The van der Waals surface area contributed by atoms with Gasteiger partial charge in [-0.05, 0) is 23.8 Å². The number of para-hydroxylation sites is 1. The Balaban J connectivity index is 1.83. The minimum Gasteiger partial charge on any atom is -0.491 e. The standard InChI is InChI=1S/C15H15Cl2NO3S/c16-13-6-2-1-5-12(13)11-22(19,20)18-9-10-21-15-8-4-3-7-14(15)17/h1-8,18H,9-11H2. The highest BCUT2D eigenvalue weighted by Crippen LogP contribution is 2.22. The topological polar surface area (TPSA) is 55.4 Å². The van der Waals surface area contributed by atoms with E-state index in [2.05, 4.69) is 4.72 Å². The molecule has 0 aromatic heterocycles. The fourth-order valence-corrected chi connectivity index (χ4v) is 3.42. The van der Waals surface area contributed by atoms with Crippen molar-refractivity contribution in [2.75, 3.05) is 13.2 Å². The molecule has 1 N–H and O–H groups in total. The van der Waals surface area contributed by atoms with Crippen molar-refractivity contribution in [3.8, 4) is 5.75 Å². The van der Waals surface area contributed by atoms with E-state index < -0.39 is 10.0 Å². The maximum Gasteiger partial charge on any atom is 0.215 e. The molecular weight excluding hydrogens is 345 g/mol. The van der Waals surface area contributed by atoms with E-state index in [-0.39, 0.29) is 18.9 Å². The molecule has 0 aliphatic carbocycles. The fraction of sp³-hybridized carbons (Fsp3) is 0.200. The average molecular weight is 360 g/mol. The molecule has 2 rings (SSSR count). The molecule has 0 fully saturated rings. The lowest BCUT2D eigenvalue weighted by Gasteiger charge is -2.10. The van der Waals surface area contributed by atoms with Crippen LogP contribution in [0.2, 0.25) is 10.0 Å². The van der Waals surface area contributed by atoms with E-state index in [4.69, 9.17) is 27.9 Å². The van der Waals surface area contributed by atoms with Crippen LogP contribution in [-0.4, -0.2) is 21.6 Å². The van der Waals surface area contributed by atoms with Gasteiger partial charge in [0.05, 0.1) is 10.8 Å². The Morgan fingerprint density at radius 2 is 1.59 bits per heavy atom. The Morgan fingerprint density at radius 3 is 2.27 bits per heavy atom.